The van der Waals surface area contributed by atoms with Crippen molar-refractivity contribution in [1.29, 1.82) is 0 Å². The van der Waals surface area contributed by atoms with E-state index in [0.29, 0.717) is 21.5 Å². The van der Waals surface area contributed by atoms with E-state index in [9.17, 15) is 0 Å². The summed E-state index contributed by atoms with van der Waals surface area (Å²) in [6.07, 6.45) is 10.4. The molecular formula is C21H21Cl2N5S. The van der Waals surface area contributed by atoms with Gasteiger partial charge < -0.3 is 4.90 Å². The number of hydrogen-bond donors (Lipinski definition) is 0. The van der Waals surface area contributed by atoms with Crippen LogP contribution in [0.25, 0.3) is 5.65 Å². The number of aromatic nitrogens is 3. The topological polar surface area (TPSA) is 45.8 Å². The molecule has 150 valence electrons. The molecule has 2 aromatic heterocycles. The van der Waals surface area contributed by atoms with E-state index in [1.54, 1.807) is 6.07 Å². The van der Waals surface area contributed by atoms with Gasteiger partial charge in [-0.1, -0.05) is 41.0 Å². The number of nitrogens with zero attached hydrogens (tertiary/aromatic N) is 5. The van der Waals surface area contributed by atoms with Gasteiger partial charge in [0.1, 0.15) is 0 Å². The lowest BCUT2D eigenvalue weighted by Gasteiger charge is -2.24. The molecule has 0 radical (unpaired) electrons. The Balaban J connectivity index is 1.44. The minimum absolute atomic E-state index is 0.349. The van der Waals surface area contributed by atoms with Gasteiger partial charge in [0.15, 0.2) is 5.65 Å². The van der Waals surface area contributed by atoms with Gasteiger partial charge in [-0.3, -0.25) is 9.39 Å². The first-order chi connectivity index (χ1) is 14.1. The smallest absolute Gasteiger partial charge is 0.211 e. The van der Waals surface area contributed by atoms with Crippen molar-refractivity contribution in [3.63, 3.8) is 0 Å². The van der Waals surface area contributed by atoms with Gasteiger partial charge in [0.25, 0.3) is 0 Å². The van der Waals surface area contributed by atoms with Crippen molar-refractivity contribution in [2.45, 2.75) is 41.5 Å². The van der Waals surface area contributed by atoms with E-state index in [2.05, 4.69) is 26.0 Å². The van der Waals surface area contributed by atoms with Crippen LogP contribution in [-0.2, 0) is 0 Å². The molecule has 5 rings (SSSR count). The fourth-order valence-corrected chi connectivity index (χ4v) is 6.08. The standard InChI is InChI=1S/C21H21Cl2N5S/c1-24-14-5-6-21(11-14)7-9-27(13-21)20-26-12-17(19-25-8-10-28(19)20)29-16-4-2-3-15(22)18(16)23/h2-4,8,10,12,14H,1,5-7,9,11,13H2. The molecule has 0 amide bonds. The summed E-state index contributed by atoms with van der Waals surface area (Å²) in [5, 5.41) is 1.10. The molecule has 2 unspecified atom stereocenters. The van der Waals surface area contributed by atoms with E-state index in [-0.39, 0.29) is 0 Å². The van der Waals surface area contributed by atoms with E-state index in [0.717, 1.165) is 47.3 Å². The summed E-state index contributed by atoms with van der Waals surface area (Å²) in [5.74, 6) is 0.950. The molecule has 1 aliphatic heterocycles. The number of fused-ring (bicyclic) bond motifs is 1. The SMILES string of the molecule is C=NC1CCC2(CCN(c3ncc(Sc4cccc(Cl)c4Cl)c4nccn34)C2)C1. The Hall–Kier alpha value is -1.76. The molecule has 29 heavy (non-hydrogen) atoms. The van der Waals surface area contributed by atoms with Gasteiger partial charge >= 0.3 is 0 Å². The molecule has 2 aliphatic rings. The number of hydrogen-bond acceptors (Lipinski definition) is 5. The van der Waals surface area contributed by atoms with Crippen molar-refractivity contribution in [3.8, 4) is 0 Å². The highest BCUT2D eigenvalue weighted by Gasteiger charge is 2.44. The Kier molecular flexibility index (Phi) is 4.96. The Labute approximate surface area is 184 Å². The maximum atomic E-state index is 6.38. The molecule has 0 N–H and O–H groups in total. The molecule has 2 fully saturated rings. The second-order valence-corrected chi connectivity index (χ2v) is 9.82. The molecule has 1 saturated heterocycles. The third-order valence-corrected chi connectivity index (χ3v) is 8.16. The summed E-state index contributed by atoms with van der Waals surface area (Å²) >= 11 is 14.1. The molecule has 2 atom stereocenters. The van der Waals surface area contributed by atoms with Crippen LogP contribution in [0.1, 0.15) is 25.7 Å². The first-order valence-electron chi connectivity index (χ1n) is 9.73. The minimum atomic E-state index is 0.349. The first kappa shape index (κ1) is 19.2. The van der Waals surface area contributed by atoms with Crippen molar-refractivity contribution >= 4 is 53.3 Å². The van der Waals surface area contributed by atoms with Gasteiger partial charge in [0, 0.05) is 42.6 Å². The van der Waals surface area contributed by atoms with Crippen molar-refractivity contribution in [3.05, 3.63) is 46.8 Å². The molecule has 1 aliphatic carbocycles. The third-order valence-electron chi connectivity index (χ3n) is 6.17. The summed E-state index contributed by atoms with van der Waals surface area (Å²) in [6, 6.07) is 6.06. The summed E-state index contributed by atoms with van der Waals surface area (Å²) in [7, 11) is 0. The quantitative estimate of drug-likeness (QED) is 0.487. The highest BCUT2D eigenvalue weighted by atomic mass is 35.5. The number of imidazole rings is 1. The Bertz CT molecular complexity index is 1080. The van der Waals surface area contributed by atoms with Crippen LogP contribution >= 0.6 is 35.0 Å². The van der Waals surface area contributed by atoms with Crippen LogP contribution in [0.5, 0.6) is 0 Å². The largest absolute Gasteiger partial charge is 0.341 e. The predicted octanol–water partition coefficient (Wildman–Crippen LogP) is 5.64. The zero-order chi connectivity index (χ0) is 20.0. The van der Waals surface area contributed by atoms with Gasteiger partial charge in [-0.15, -0.1) is 0 Å². The second-order valence-electron chi connectivity index (χ2n) is 7.95. The lowest BCUT2D eigenvalue weighted by atomic mass is 9.85. The van der Waals surface area contributed by atoms with Gasteiger partial charge in [0.05, 0.1) is 14.9 Å². The van der Waals surface area contributed by atoms with Crippen LogP contribution in [0.15, 0.2) is 51.6 Å². The number of benzene rings is 1. The molecule has 1 aromatic carbocycles. The predicted molar refractivity (Wildman–Crippen MR) is 120 cm³/mol. The molecule has 5 nitrogen and oxygen atoms in total. The molecule has 1 spiro atoms. The van der Waals surface area contributed by atoms with E-state index in [1.807, 2.05) is 30.7 Å². The highest BCUT2D eigenvalue weighted by molar-refractivity contribution is 7.99. The van der Waals surface area contributed by atoms with Gasteiger partial charge in [0.2, 0.25) is 5.95 Å². The monoisotopic (exact) mass is 445 g/mol. The Morgan fingerprint density at radius 3 is 2.93 bits per heavy atom. The highest BCUT2D eigenvalue weighted by Crippen LogP contribution is 2.47. The minimum Gasteiger partial charge on any atom is -0.341 e. The van der Waals surface area contributed by atoms with Crippen LogP contribution < -0.4 is 4.90 Å². The fourth-order valence-electron chi connectivity index (χ4n) is 4.68. The normalized spacial score (nSPS) is 24.1. The molecule has 3 heterocycles. The number of halogens is 2. The van der Waals surface area contributed by atoms with Crippen LogP contribution in [0, 0.1) is 5.41 Å². The summed E-state index contributed by atoms with van der Waals surface area (Å²) in [5.41, 5.74) is 1.23. The van der Waals surface area contributed by atoms with Crippen LogP contribution in [-0.4, -0.2) is 40.2 Å². The van der Waals surface area contributed by atoms with Crippen molar-refractivity contribution in [2.75, 3.05) is 18.0 Å². The van der Waals surface area contributed by atoms with Crippen molar-refractivity contribution in [1.82, 2.24) is 14.4 Å². The van der Waals surface area contributed by atoms with Crippen LogP contribution in [0.3, 0.4) is 0 Å². The van der Waals surface area contributed by atoms with E-state index in [1.165, 1.54) is 24.6 Å². The molecular weight excluding hydrogens is 425 g/mol. The zero-order valence-electron chi connectivity index (χ0n) is 15.9. The van der Waals surface area contributed by atoms with E-state index < -0.39 is 0 Å². The van der Waals surface area contributed by atoms with Crippen LogP contribution in [0.4, 0.5) is 5.95 Å². The van der Waals surface area contributed by atoms with Crippen molar-refractivity contribution < 1.29 is 0 Å². The molecule has 3 aromatic rings. The van der Waals surface area contributed by atoms with Gasteiger partial charge in [-0.25, -0.2) is 9.97 Å². The maximum absolute atomic E-state index is 6.38. The fraction of sp³-hybridized carbons (Fsp3) is 0.381. The first-order valence-corrected chi connectivity index (χ1v) is 11.3. The second kappa shape index (κ2) is 7.49. The summed E-state index contributed by atoms with van der Waals surface area (Å²) in [6.45, 7) is 5.79. The Morgan fingerprint density at radius 1 is 1.21 bits per heavy atom. The van der Waals surface area contributed by atoms with Crippen LogP contribution in [0.2, 0.25) is 10.0 Å². The molecule has 8 heteroatoms. The lowest BCUT2D eigenvalue weighted by molar-refractivity contribution is 0.335. The average Bonchev–Trinajstić information content (AvgIpc) is 3.46. The lowest BCUT2D eigenvalue weighted by Crippen LogP contribution is -2.27. The van der Waals surface area contributed by atoms with Gasteiger partial charge in [-0.2, -0.15) is 0 Å². The summed E-state index contributed by atoms with van der Waals surface area (Å²) < 4.78 is 2.08. The Morgan fingerprint density at radius 2 is 2.10 bits per heavy atom. The average molecular weight is 446 g/mol. The number of rotatable bonds is 4. The van der Waals surface area contributed by atoms with Gasteiger partial charge in [-0.05, 0) is 49.9 Å². The summed E-state index contributed by atoms with van der Waals surface area (Å²) in [4.78, 5) is 17.9. The number of aliphatic imine (C=N–C) groups is 1. The van der Waals surface area contributed by atoms with Crippen molar-refractivity contribution in [2.24, 2.45) is 10.4 Å². The van der Waals surface area contributed by atoms with E-state index >= 15 is 0 Å². The molecule has 1 saturated carbocycles. The van der Waals surface area contributed by atoms with E-state index in [4.69, 9.17) is 28.2 Å². The number of anilines is 1. The zero-order valence-corrected chi connectivity index (χ0v) is 18.2. The maximum Gasteiger partial charge on any atom is 0.211 e. The third kappa shape index (κ3) is 3.41. The molecule has 0 bridgehead atoms.